The maximum absolute atomic E-state index is 15.3. The predicted molar refractivity (Wildman–Crippen MR) is 174 cm³/mol. The molecule has 1 saturated heterocycles. The van der Waals surface area contributed by atoms with Gasteiger partial charge in [-0.25, -0.2) is 9.07 Å². The number of fused-ring (bicyclic) bond motifs is 1. The van der Waals surface area contributed by atoms with Crippen molar-refractivity contribution in [1.82, 2.24) is 19.7 Å². The maximum Gasteiger partial charge on any atom is 0.418 e. The second-order valence-electron chi connectivity index (χ2n) is 11.4. The maximum atomic E-state index is 15.3. The molecule has 0 aliphatic carbocycles. The number of aromatic nitrogens is 3. The van der Waals surface area contributed by atoms with Crippen LogP contribution in [0.3, 0.4) is 0 Å². The van der Waals surface area contributed by atoms with Crippen LogP contribution in [0.4, 0.5) is 23.2 Å². The number of nitrogens with zero attached hydrogens (tertiary/aromatic N) is 4. The van der Waals surface area contributed by atoms with E-state index in [0.29, 0.717) is 34.8 Å². The van der Waals surface area contributed by atoms with Crippen LogP contribution in [-0.4, -0.2) is 59.2 Å². The third kappa shape index (κ3) is 7.05. The van der Waals surface area contributed by atoms with Gasteiger partial charge in [-0.1, -0.05) is 12.1 Å². The van der Waals surface area contributed by atoms with E-state index in [2.05, 4.69) is 20.0 Å². The van der Waals surface area contributed by atoms with Gasteiger partial charge in [-0.05, 0) is 75.7 Å². The lowest BCUT2D eigenvalue weighted by atomic mass is 10.1. The molecule has 1 fully saturated rings. The van der Waals surface area contributed by atoms with Crippen LogP contribution >= 0.6 is 0 Å². The van der Waals surface area contributed by atoms with Crippen molar-refractivity contribution in [3.05, 3.63) is 99.9 Å². The molecule has 13 heteroatoms. The number of benzene rings is 3. The molecule has 0 spiro atoms. The van der Waals surface area contributed by atoms with Gasteiger partial charge in [-0.3, -0.25) is 19.9 Å². The van der Waals surface area contributed by atoms with Gasteiger partial charge in [0.15, 0.2) is 23.1 Å². The molecule has 2 aromatic heterocycles. The third-order valence-electron chi connectivity index (χ3n) is 8.11. The summed E-state index contributed by atoms with van der Waals surface area (Å²) in [7, 11) is 1.54. The fourth-order valence-corrected chi connectivity index (χ4v) is 5.67. The average molecular weight is 664 g/mol. The van der Waals surface area contributed by atoms with E-state index in [1.807, 2.05) is 0 Å². The molecule has 1 N–H and O–H groups in total. The first-order valence-electron chi connectivity index (χ1n) is 15.4. The minimum Gasteiger partial charge on any atom is -0.493 e. The highest BCUT2D eigenvalue weighted by Gasteiger charge is 2.34. The first kappa shape index (κ1) is 32.8. The molecule has 0 saturated carbocycles. The monoisotopic (exact) mass is 663 g/mol. The molecule has 0 unspecified atom stereocenters. The molecule has 0 bridgehead atoms. The fraction of sp³-hybridized carbons (Fsp3) is 0.286. The standard InChI is InChI=1S/C35H33F4N5O4/c1-22-25(34(45)44(42-22)29-9-4-3-8-26(29)35(37,38)39)21-41-23-10-11-31(27(36)18-23)48-30-12-13-40-28-20-33(32(46-2)19-24(28)30)47-17-7-16-43-14-5-6-15-43/h3-4,8-13,18-21,42H,5-7,14-17H2,1-2H3. The van der Waals surface area contributed by atoms with Crippen molar-refractivity contribution in [2.75, 3.05) is 33.4 Å². The van der Waals surface area contributed by atoms with Crippen LogP contribution in [0.2, 0.25) is 0 Å². The molecule has 250 valence electrons. The Bertz CT molecular complexity index is 2020. The topological polar surface area (TPSA) is 94.0 Å². The molecule has 1 aliphatic heterocycles. The Morgan fingerprint density at radius 3 is 2.54 bits per heavy atom. The summed E-state index contributed by atoms with van der Waals surface area (Å²) in [5.41, 5.74) is -0.986. The Balaban J connectivity index is 1.18. The normalized spacial score (nSPS) is 13.9. The summed E-state index contributed by atoms with van der Waals surface area (Å²) in [6, 6.07) is 13.9. The van der Waals surface area contributed by atoms with E-state index in [-0.39, 0.29) is 28.4 Å². The summed E-state index contributed by atoms with van der Waals surface area (Å²) in [6.07, 6.45) is 1.44. The fourth-order valence-electron chi connectivity index (χ4n) is 5.67. The zero-order chi connectivity index (χ0) is 33.8. The summed E-state index contributed by atoms with van der Waals surface area (Å²) in [5.74, 6) is 0.594. The van der Waals surface area contributed by atoms with Crippen LogP contribution in [0.15, 0.2) is 76.6 Å². The number of aryl methyl sites for hydroxylation is 1. The van der Waals surface area contributed by atoms with E-state index in [9.17, 15) is 18.0 Å². The predicted octanol–water partition coefficient (Wildman–Crippen LogP) is 7.60. The molecular formula is C35H33F4N5O4. The number of pyridine rings is 1. The van der Waals surface area contributed by atoms with E-state index in [1.165, 1.54) is 56.3 Å². The summed E-state index contributed by atoms with van der Waals surface area (Å²) in [4.78, 5) is 24.1. The molecule has 0 amide bonds. The lowest BCUT2D eigenvalue weighted by Crippen LogP contribution is -2.21. The number of nitrogens with one attached hydrogen (secondary N) is 1. The van der Waals surface area contributed by atoms with Crippen molar-refractivity contribution in [3.63, 3.8) is 0 Å². The number of ether oxygens (including phenoxy) is 3. The molecule has 5 aromatic rings. The number of para-hydroxylation sites is 1. The van der Waals surface area contributed by atoms with Gasteiger partial charge in [0, 0.05) is 42.2 Å². The lowest BCUT2D eigenvalue weighted by Gasteiger charge is -2.16. The van der Waals surface area contributed by atoms with Gasteiger partial charge in [-0.2, -0.15) is 13.2 Å². The highest BCUT2D eigenvalue weighted by molar-refractivity contribution is 5.88. The molecule has 6 rings (SSSR count). The Hall–Kier alpha value is -5.17. The van der Waals surface area contributed by atoms with Crippen molar-refractivity contribution < 1.29 is 31.8 Å². The highest BCUT2D eigenvalue weighted by Crippen LogP contribution is 2.38. The zero-order valence-electron chi connectivity index (χ0n) is 26.3. The van der Waals surface area contributed by atoms with Crippen molar-refractivity contribution in [2.24, 2.45) is 4.99 Å². The van der Waals surface area contributed by atoms with Crippen molar-refractivity contribution in [1.29, 1.82) is 0 Å². The number of aromatic amines is 1. The second-order valence-corrected chi connectivity index (χ2v) is 11.4. The molecule has 0 radical (unpaired) electrons. The molecule has 3 aromatic carbocycles. The van der Waals surface area contributed by atoms with E-state index in [1.54, 1.807) is 31.5 Å². The van der Waals surface area contributed by atoms with E-state index >= 15 is 4.39 Å². The number of rotatable bonds is 11. The number of halogens is 4. The summed E-state index contributed by atoms with van der Waals surface area (Å²) >= 11 is 0. The quantitative estimate of drug-likeness (QED) is 0.0889. The minimum absolute atomic E-state index is 0.0276. The molecule has 0 atom stereocenters. The van der Waals surface area contributed by atoms with Crippen molar-refractivity contribution in [2.45, 2.75) is 32.4 Å². The number of H-pyrrole nitrogens is 1. The number of hydrogen-bond acceptors (Lipinski definition) is 7. The number of hydrogen-bond donors (Lipinski definition) is 1. The number of methoxy groups -OCH3 is 1. The minimum atomic E-state index is -4.66. The molecule has 9 nitrogen and oxygen atoms in total. The molecular weight excluding hydrogens is 630 g/mol. The number of likely N-dealkylation sites (tertiary alicyclic amines) is 1. The van der Waals surface area contributed by atoms with E-state index in [0.717, 1.165) is 42.9 Å². The summed E-state index contributed by atoms with van der Waals surface area (Å²) < 4.78 is 74.3. The van der Waals surface area contributed by atoms with Gasteiger partial charge in [0.1, 0.15) is 5.75 Å². The summed E-state index contributed by atoms with van der Waals surface area (Å²) in [6.45, 7) is 5.30. The SMILES string of the molecule is COc1cc2c(Oc3ccc(N=Cc4c(C)[nH]n(-c5ccccc5C(F)(F)F)c4=O)cc3F)ccnc2cc1OCCCN1CCCC1. The second kappa shape index (κ2) is 13.9. The Labute approximate surface area is 273 Å². The molecule has 3 heterocycles. The Morgan fingerprint density at radius 1 is 1.00 bits per heavy atom. The smallest absolute Gasteiger partial charge is 0.418 e. The van der Waals surface area contributed by atoms with Crippen LogP contribution in [0.5, 0.6) is 23.0 Å². The largest absolute Gasteiger partial charge is 0.493 e. The van der Waals surface area contributed by atoms with Gasteiger partial charge in [0.2, 0.25) is 0 Å². The van der Waals surface area contributed by atoms with E-state index < -0.39 is 23.1 Å². The van der Waals surface area contributed by atoms with Crippen LogP contribution in [-0.2, 0) is 6.18 Å². The van der Waals surface area contributed by atoms with Gasteiger partial charge in [0.25, 0.3) is 5.56 Å². The van der Waals surface area contributed by atoms with Crippen LogP contribution in [0, 0.1) is 12.7 Å². The number of aliphatic imine (C=N–C) groups is 1. The molecule has 48 heavy (non-hydrogen) atoms. The van der Waals surface area contributed by atoms with E-state index in [4.69, 9.17) is 14.2 Å². The number of alkyl halides is 3. The van der Waals surface area contributed by atoms with Gasteiger partial charge in [-0.15, -0.1) is 0 Å². The van der Waals surface area contributed by atoms with Gasteiger partial charge < -0.3 is 19.1 Å². The van der Waals surface area contributed by atoms with Crippen LogP contribution in [0.1, 0.15) is 36.1 Å². The van der Waals surface area contributed by atoms with Crippen molar-refractivity contribution >= 4 is 22.8 Å². The first-order valence-corrected chi connectivity index (χ1v) is 15.4. The lowest BCUT2D eigenvalue weighted by molar-refractivity contribution is -0.137. The van der Waals surface area contributed by atoms with Crippen LogP contribution < -0.4 is 19.8 Å². The van der Waals surface area contributed by atoms with Gasteiger partial charge in [0.05, 0.1) is 41.7 Å². The van der Waals surface area contributed by atoms with Crippen molar-refractivity contribution in [3.8, 4) is 28.7 Å². The first-order chi connectivity index (χ1) is 23.1. The zero-order valence-corrected chi connectivity index (χ0v) is 26.3. The molecule has 1 aliphatic rings. The Kier molecular flexibility index (Phi) is 9.49. The summed E-state index contributed by atoms with van der Waals surface area (Å²) in [5, 5.41) is 3.26. The van der Waals surface area contributed by atoms with Gasteiger partial charge >= 0.3 is 6.18 Å². The highest BCUT2D eigenvalue weighted by atomic mass is 19.4. The van der Waals surface area contributed by atoms with Crippen LogP contribution in [0.25, 0.3) is 16.6 Å². The Morgan fingerprint density at radius 2 is 1.79 bits per heavy atom. The average Bonchev–Trinajstić information content (AvgIpc) is 3.69. The third-order valence-corrected chi connectivity index (χ3v) is 8.11.